The van der Waals surface area contributed by atoms with Gasteiger partial charge < -0.3 is 9.47 Å². The van der Waals surface area contributed by atoms with Gasteiger partial charge in [-0.25, -0.2) is 13.8 Å². The highest BCUT2D eigenvalue weighted by molar-refractivity contribution is 7.92. The van der Waals surface area contributed by atoms with Crippen LogP contribution in [0.25, 0.3) is 0 Å². The van der Waals surface area contributed by atoms with Crippen molar-refractivity contribution in [2.45, 2.75) is 11.8 Å². The summed E-state index contributed by atoms with van der Waals surface area (Å²) in [7, 11) is -2.56. The fraction of sp³-hybridized carbons (Fsp3) is 0.154. The van der Waals surface area contributed by atoms with E-state index in [2.05, 4.69) is 17.1 Å². The summed E-state index contributed by atoms with van der Waals surface area (Å²) in [5, 5.41) is 3.96. The average Bonchev–Trinajstić information content (AvgIpc) is 2.86. The number of hydrazone groups is 1. The van der Waals surface area contributed by atoms with Gasteiger partial charge in [-0.2, -0.15) is 5.10 Å². The third-order valence-electron chi connectivity index (χ3n) is 4.87. The van der Waals surface area contributed by atoms with Crippen LogP contribution in [0.3, 0.4) is 0 Å². The van der Waals surface area contributed by atoms with Crippen molar-refractivity contribution in [3.63, 3.8) is 0 Å². The minimum Gasteiger partial charge on any atom is -0.497 e. The number of hydrogen-bond donors (Lipinski definition) is 1. The molecule has 9 heteroatoms. The van der Waals surface area contributed by atoms with E-state index in [1.807, 2.05) is 6.92 Å². The molecule has 3 aromatic carbocycles. The Morgan fingerprint density at radius 2 is 1.77 bits per heavy atom. The Hall–Kier alpha value is -4.11. The molecule has 182 valence electrons. The van der Waals surface area contributed by atoms with Gasteiger partial charge in [0.05, 0.1) is 23.9 Å². The number of rotatable bonds is 11. The molecule has 0 radical (unpaired) electrons. The molecule has 35 heavy (non-hydrogen) atoms. The van der Waals surface area contributed by atoms with E-state index < -0.39 is 22.5 Å². The summed E-state index contributed by atoms with van der Waals surface area (Å²) < 4.78 is 38.6. The normalized spacial score (nSPS) is 11.1. The number of benzene rings is 3. The Bertz CT molecular complexity index is 1300. The van der Waals surface area contributed by atoms with Crippen molar-refractivity contribution in [3.8, 4) is 11.5 Å². The molecule has 8 nitrogen and oxygen atoms in total. The Morgan fingerprint density at radius 3 is 2.49 bits per heavy atom. The molecule has 0 fully saturated rings. The standard InChI is InChI=1S/C26H27N3O5S/c1-4-15-34-24-10-5-7-21(16-24)18-27-28-26(30)19-29(22-8-6-9-23(17-22)33-3)35(31,32)25-13-11-20(2)12-14-25/h4-14,16-18H,1,15,19H2,2-3H3,(H,28,30)/b27-18-. The molecule has 3 rings (SSSR count). The van der Waals surface area contributed by atoms with E-state index >= 15 is 0 Å². The summed E-state index contributed by atoms with van der Waals surface area (Å²) in [6.45, 7) is 5.36. The number of methoxy groups -OCH3 is 1. The van der Waals surface area contributed by atoms with E-state index in [-0.39, 0.29) is 10.6 Å². The van der Waals surface area contributed by atoms with Crippen LogP contribution in [0.15, 0.2) is 95.4 Å². The van der Waals surface area contributed by atoms with Gasteiger partial charge in [-0.05, 0) is 48.9 Å². The van der Waals surface area contributed by atoms with Crippen LogP contribution in [-0.2, 0) is 14.8 Å². The van der Waals surface area contributed by atoms with Crippen molar-refractivity contribution in [1.82, 2.24) is 5.43 Å². The molecule has 0 spiro atoms. The SMILES string of the molecule is C=CCOc1cccc(/C=N\NC(=O)CN(c2cccc(OC)c2)S(=O)(=O)c2ccc(C)cc2)c1. The molecule has 0 heterocycles. The van der Waals surface area contributed by atoms with Gasteiger partial charge >= 0.3 is 0 Å². The third-order valence-corrected chi connectivity index (χ3v) is 6.65. The molecule has 1 amide bonds. The number of nitrogens with one attached hydrogen (secondary N) is 1. The first kappa shape index (κ1) is 25.5. The Balaban J connectivity index is 1.81. The van der Waals surface area contributed by atoms with Gasteiger partial charge in [-0.15, -0.1) is 0 Å². The number of ether oxygens (including phenoxy) is 2. The van der Waals surface area contributed by atoms with Crippen molar-refractivity contribution < 1.29 is 22.7 Å². The maximum atomic E-state index is 13.4. The van der Waals surface area contributed by atoms with Gasteiger partial charge in [-0.3, -0.25) is 9.10 Å². The Morgan fingerprint density at radius 1 is 1.06 bits per heavy atom. The molecule has 0 aliphatic heterocycles. The lowest BCUT2D eigenvalue weighted by Gasteiger charge is -2.24. The van der Waals surface area contributed by atoms with Crippen molar-refractivity contribution in [2.24, 2.45) is 5.10 Å². The van der Waals surface area contributed by atoms with E-state index in [1.54, 1.807) is 66.7 Å². The first-order chi connectivity index (χ1) is 16.8. The summed E-state index contributed by atoms with van der Waals surface area (Å²) in [6.07, 6.45) is 3.09. The quantitative estimate of drug-likeness (QED) is 0.248. The molecule has 0 aliphatic carbocycles. The van der Waals surface area contributed by atoms with E-state index in [4.69, 9.17) is 9.47 Å². The number of amides is 1. The van der Waals surface area contributed by atoms with Crippen molar-refractivity contribution in [3.05, 3.63) is 96.6 Å². The smallest absolute Gasteiger partial charge is 0.264 e. The Labute approximate surface area is 205 Å². The van der Waals surface area contributed by atoms with Gasteiger partial charge in [0.25, 0.3) is 15.9 Å². The van der Waals surface area contributed by atoms with Gasteiger partial charge in [-0.1, -0.05) is 48.6 Å². The molecule has 0 saturated heterocycles. The average molecular weight is 494 g/mol. The largest absolute Gasteiger partial charge is 0.497 e. The van der Waals surface area contributed by atoms with E-state index in [1.165, 1.54) is 25.5 Å². The maximum absolute atomic E-state index is 13.4. The highest BCUT2D eigenvalue weighted by Crippen LogP contribution is 2.27. The summed E-state index contributed by atoms with van der Waals surface area (Å²) in [5.74, 6) is 0.482. The van der Waals surface area contributed by atoms with Crippen molar-refractivity contribution in [2.75, 3.05) is 24.6 Å². The van der Waals surface area contributed by atoms with E-state index in [0.29, 0.717) is 23.7 Å². The summed E-state index contributed by atoms with van der Waals surface area (Å²) >= 11 is 0. The molecule has 0 aromatic heterocycles. The zero-order chi connectivity index (χ0) is 25.3. The predicted octanol–water partition coefficient (Wildman–Crippen LogP) is 3.91. The second-order valence-electron chi connectivity index (χ2n) is 7.49. The number of aryl methyl sites for hydroxylation is 1. The number of sulfonamides is 1. The molecule has 0 saturated carbocycles. The van der Waals surface area contributed by atoms with Gasteiger partial charge in [0.15, 0.2) is 0 Å². The molecular formula is C26H27N3O5S. The summed E-state index contributed by atoms with van der Waals surface area (Å²) in [6, 6.07) is 20.1. The van der Waals surface area contributed by atoms with Crippen LogP contribution in [0, 0.1) is 6.92 Å². The highest BCUT2D eigenvalue weighted by atomic mass is 32.2. The lowest BCUT2D eigenvalue weighted by Crippen LogP contribution is -2.39. The topological polar surface area (TPSA) is 97.3 Å². The molecular weight excluding hydrogens is 466 g/mol. The van der Waals surface area contributed by atoms with Crippen LogP contribution < -0.4 is 19.2 Å². The van der Waals surface area contributed by atoms with Crippen LogP contribution in [-0.4, -0.2) is 40.8 Å². The number of nitrogens with zero attached hydrogens (tertiary/aromatic N) is 2. The third kappa shape index (κ3) is 6.94. The summed E-state index contributed by atoms with van der Waals surface area (Å²) in [4.78, 5) is 12.8. The number of carbonyl (C=O) groups is 1. The van der Waals surface area contributed by atoms with Crippen LogP contribution in [0.1, 0.15) is 11.1 Å². The maximum Gasteiger partial charge on any atom is 0.264 e. The predicted molar refractivity (Wildman–Crippen MR) is 137 cm³/mol. The molecule has 0 unspecified atom stereocenters. The fourth-order valence-electron chi connectivity index (χ4n) is 3.10. The zero-order valence-electron chi connectivity index (χ0n) is 19.5. The first-order valence-corrected chi connectivity index (χ1v) is 12.2. The Kier molecular flexibility index (Phi) is 8.63. The van der Waals surface area contributed by atoms with Gasteiger partial charge in [0.1, 0.15) is 24.7 Å². The monoisotopic (exact) mass is 493 g/mol. The van der Waals surface area contributed by atoms with Crippen LogP contribution in [0.2, 0.25) is 0 Å². The first-order valence-electron chi connectivity index (χ1n) is 10.7. The van der Waals surface area contributed by atoms with Crippen molar-refractivity contribution in [1.29, 1.82) is 0 Å². The minimum atomic E-state index is -4.04. The second-order valence-corrected chi connectivity index (χ2v) is 9.35. The molecule has 0 atom stereocenters. The molecule has 0 aliphatic rings. The fourth-order valence-corrected chi connectivity index (χ4v) is 4.52. The van der Waals surface area contributed by atoms with E-state index in [9.17, 15) is 13.2 Å². The number of anilines is 1. The zero-order valence-corrected chi connectivity index (χ0v) is 20.4. The highest BCUT2D eigenvalue weighted by Gasteiger charge is 2.27. The van der Waals surface area contributed by atoms with Crippen LogP contribution in [0.4, 0.5) is 5.69 Å². The second kappa shape index (κ2) is 11.8. The molecule has 0 bridgehead atoms. The number of hydrogen-bond acceptors (Lipinski definition) is 6. The summed E-state index contributed by atoms with van der Waals surface area (Å²) in [5.41, 5.74) is 4.30. The number of carbonyl (C=O) groups excluding carboxylic acids is 1. The van der Waals surface area contributed by atoms with Gasteiger partial charge in [0.2, 0.25) is 0 Å². The lowest BCUT2D eigenvalue weighted by atomic mass is 10.2. The minimum absolute atomic E-state index is 0.0681. The van der Waals surface area contributed by atoms with Crippen molar-refractivity contribution >= 4 is 27.8 Å². The van der Waals surface area contributed by atoms with E-state index in [0.717, 1.165) is 9.87 Å². The molecule has 3 aromatic rings. The molecule has 1 N–H and O–H groups in total. The lowest BCUT2D eigenvalue weighted by molar-refractivity contribution is -0.119. The van der Waals surface area contributed by atoms with Gasteiger partial charge in [0, 0.05) is 6.07 Å². The van der Waals surface area contributed by atoms with Crippen LogP contribution >= 0.6 is 0 Å². The van der Waals surface area contributed by atoms with Crippen LogP contribution in [0.5, 0.6) is 11.5 Å².